The molecule has 0 aliphatic heterocycles. The van der Waals surface area contributed by atoms with Gasteiger partial charge in [-0.1, -0.05) is 0 Å². The molecule has 0 saturated carbocycles. The number of rotatable bonds is 3. The highest BCUT2D eigenvalue weighted by molar-refractivity contribution is 5.82. The lowest BCUT2D eigenvalue weighted by atomic mass is 10.3. The fourth-order valence-corrected chi connectivity index (χ4v) is 1.90. The summed E-state index contributed by atoms with van der Waals surface area (Å²) in [6, 6.07) is 5.54. The van der Waals surface area contributed by atoms with Crippen LogP contribution >= 0.6 is 0 Å². The van der Waals surface area contributed by atoms with E-state index in [4.69, 9.17) is 9.47 Å². The normalized spacial score (nSPS) is 10.6. The maximum absolute atomic E-state index is 5.26. The van der Waals surface area contributed by atoms with Gasteiger partial charge in [-0.2, -0.15) is 10.2 Å². The third kappa shape index (κ3) is 1.97. The summed E-state index contributed by atoms with van der Waals surface area (Å²) in [6.07, 6.45) is 3.29. The van der Waals surface area contributed by atoms with Gasteiger partial charge in [-0.3, -0.25) is 0 Å². The van der Waals surface area contributed by atoms with Gasteiger partial charge in [0.15, 0.2) is 11.5 Å². The van der Waals surface area contributed by atoms with Gasteiger partial charge < -0.3 is 14.5 Å². The minimum absolute atomic E-state index is 0.654. The average molecular weight is 256 g/mol. The van der Waals surface area contributed by atoms with Gasteiger partial charge in [0.25, 0.3) is 0 Å². The number of aromatic nitrogens is 4. The Kier molecular flexibility index (Phi) is 2.75. The molecule has 0 spiro atoms. The molecule has 1 N–H and O–H groups in total. The summed E-state index contributed by atoms with van der Waals surface area (Å²) < 4.78 is 10.5. The highest BCUT2D eigenvalue weighted by Gasteiger charge is 2.10. The summed E-state index contributed by atoms with van der Waals surface area (Å²) in [5.41, 5.74) is 2.57. The van der Waals surface area contributed by atoms with E-state index in [1.807, 2.05) is 18.2 Å². The quantitative estimate of drug-likeness (QED) is 0.776. The van der Waals surface area contributed by atoms with Crippen molar-refractivity contribution in [1.29, 1.82) is 0 Å². The number of aromatic amines is 1. The fourth-order valence-electron chi connectivity index (χ4n) is 1.90. The Morgan fingerprint density at radius 2 is 1.84 bits per heavy atom. The molecule has 6 heteroatoms. The Morgan fingerprint density at radius 3 is 2.53 bits per heavy atom. The molecule has 2 heterocycles. The second kappa shape index (κ2) is 4.56. The first-order chi connectivity index (χ1) is 9.31. The van der Waals surface area contributed by atoms with Gasteiger partial charge in [0.2, 0.25) is 0 Å². The van der Waals surface area contributed by atoms with E-state index in [2.05, 4.69) is 20.2 Å². The molecule has 19 heavy (non-hydrogen) atoms. The average Bonchev–Trinajstić information content (AvgIpc) is 2.89. The van der Waals surface area contributed by atoms with Crippen molar-refractivity contribution in [2.45, 2.75) is 0 Å². The second-order valence-corrected chi connectivity index (χ2v) is 3.94. The van der Waals surface area contributed by atoms with Crippen LogP contribution in [-0.4, -0.2) is 34.4 Å². The van der Waals surface area contributed by atoms with Gasteiger partial charge in [-0.25, -0.2) is 4.98 Å². The van der Waals surface area contributed by atoms with Crippen LogP contribution < -0.4 is 9.47 Å². The molecule has 0 atom stereocenters. The Morgan fingerprint density at radius 1 is 1.05 bits per heavy atom. The predicted octanol–water partition coefficient (Wildman–Crippen LogP) is 2.04. The lowest BCUT2D eigenvalue weighted by Gasteiger charge is -2.06. The fraction of sp³-hybridized carbons (Fsp3) is 0.154. The van der Waals surface area contributed by atoms with Crippen molar-refractivity contribution in [3.05, 3.63) is 30.6 Å². The van der Waals surface area contributed by atoms with Crippen LogP contribution in [0.25, 0.3) is 22.4 Å². The van der Waals surface area contributed by atoms with Crippen molar-refractivity contribution in [2.75, 3.05) is 14.2 Å². The van der Waals surface area contributed by atoms with Gasteiger partial charge in [-0.15, -0.1) is 0 Å². The number of ether oxygens (including phenoxy) is 2. The van der Waals surface area contributed by atoms with Crippen LogP contribution in [0, 0.1) is 0 Å². The molecule has 6 nitrogen and oxygen atoms in total. The largest absolute Gasteiger partial charge is 0.493 e. The zero-order valence-electron chi connectivity index (χ0n) is 10.5. The van der Waals surface area contributed by atoms with Crippen molar-refractivity contribution < 1.29 is 9.47 Å². The van der Waals surface area contributed by atoms with Crippen LogP contribution in [0.2, 0.25) is 0 Å². The molecule has 0 saturated heterocycles. The van der Waals surface area contributed by atoms with Crippen molar-refractivity contribution in [3.63, 3.8) is 0 Å². The van der Waals surface area contributed by atoms with Crippen LogP contribution in [-0.2, 0) is 0 Å². The van der Waals surface area contributed by atoms with E-state index in [0.717, 1.165) is 22.4 Å². The van der Waals surface area contributed by atoms with Crippen molar-refractivity contribution in [3.8, 4) is 22.9 Å². The minimum Gasteiger partial charge on any atom is -0.493 e. The van der Waals surface area contributed by atoms with Gasteiger partial charge >= 0.3 is 0 Å². The Balaban J connectivity index is 2.16. The third-order valence-electron chi connectivity index (χ3n) is 2.84. The van der Waals surface area contributed by atoms with E-state index < -0.39 is 0 Å². The minimum atomic E-state index is 0.654. The van der Waals surface area contributed by atoms with Crippen molar-refractivity contribution >= 4 is 11.0 Å². The van der Waals surface area contributed by atoms with Crippen molar-refractivity contribution in [1.82, 2.24) is 20.2 Å². The van der Waals surface area contributed by atoms with E-state index in [9.17, 15) is 0 Å². The van der Waals surface area contributed by atoms with Crippen LogP contribution in [0.1, 0.15) is 0 Å². The predicted molar refractivity (Wildman–Crippen MR) is 70.2 cm³/mol. The first-order valence-electron chi connectivity index (χ1n) is 5.70. The summed E-state index contributed by atoms with van der Waals surface area (Å²) in [5.74, 6) is 2.05. The molecule has 0 bridgehead atoms. The molecule has 96 valence electrons. The Hall–Kier alpha value is -2.63. The highest BCUT2D eigenvalue weighted by Crippen LogP contribution is 2.32. The summed E-state index contributed by atoms with van der Waals surface area (Å²) in [7, 11) is 3.21. The molecular formula is C13H12N4O2. The molecule has 0 radical (unpaired) electrons. The van der Waals surface area contributed by atoms with Gasteiger partial charge in [-0.05, 0) is 6.07 Å². The molecule has 1 aromatic carbocycles. The number of methoxy groups -OCH3 is 2. The molecule has 0 amide bonds. The number of hydrogen-bond donors (Lipinski definition) is 1. The van der Waals surface area contributed by atoms with E-state index in [1.165, 1.54) is 0 Å². The number of fused-ring (bicyclic) bond motifs is 1. The number of nitrogens with one attached hydrogen (secondary N) is 1. The van der Waals surface area contributed by atoms with Crippen molar-refractivity contribution in [2.24, 2.45) is 0 Å². The lowest BCUT2D eigenvalue weighted by Crippen LogP contribution is -1.89. The highest BCUT2D eigenvalue weighted by atomic mass is 16.5. The summed E-state index contributed by atoms with van der Waals surface area (Å²) in [4.78, 5) is 7.73. The SMILES string of the molecule is COc1cc2nc(-c3ccnnc3)[nH]c2cc1OC. The Labute approximate surface area is 109 Å². The van der Waals surface area contributed by atoms with E-state index in [-0.39, 0.29) is 0 Å². The number of nitrogens with zero attached hydrogens (tertiary/aromatic N) is 3. The van der Waals surface area contributed by atoms with Crippen LogP contribution in [0.4, 0.5) is 0 Å². The molecule has 2 aromatic heterocycles. The van der Waals surface area contributed by atoms with Gasteiger partial charge in [0, 0.05) is 17.7 Å². The zero-order chi connectivity index (χ0) is 13.2. The lowest BCUT2D eigenvalue weighted by molar-refractivity contribution is 0.356. The second-order valence-electron chi connectivity index (χ2n) is 3.94. The third-order valence-corrected chi connectivity index (χ3v) is 2.84. The van der Waals surface area contributed by atoms with E-state index in [0.29, 0.717) is 11.5 Å². The summed E-state index contributed by atoms with van der Waals surface area (Å²) in [5, 5.41) is 7.59. The number of benzene rings is 1. The Bertz CT molecular complexity index is 668. The molecule has 0 aliphatic rings. The van der Waals surface area contributed by atoms with E-state index in [1.54, 1.807) is 26.6 Å². The smallest absolute Gasteiger partial charge is 0.163 e. The zero-order valence-corrected chi connectivity index (χ0v) is 10.5. The summed E-state index contributed by atoms with van der Waals surface area (Å²) >= 11 is 0. The first-order valence-corrected chi connectivity index (χ1v) is 5.70. The molecule has 3 rings (SSSR count). The molecule has 3 aromatic rings. The number of imidazole rings is 1. The van der Waals surface area contributed by atoms with E-state index >= 15 is 0 Å². The molecule has 0 unspecified atom stereocenters. The standard InChI is InChI=1S/C13H12N4O2/c1-18-11-5-9-10(6-12(11)19-2)17-13(16-9)8-3-4-14-15-7-8/h3-7H,1-2H3,(H,16,17). The number of hydrogen-bond acceptors (Lipinski definition) is 5. The van der Waals surface area contributed by atoms with Crippen LogP contribution in [0.15, 0.2) is 30.6 Å². The monoisotopic (exact) mass is 256 g/mol. The maximum Gasteiger partial charge on any atom is 0.163 e. The van der Waals surface area contributed by atoms with Gasteiger partial charge in [0.1, 0.15) is 5.82 Å². The maximum atomic E-state index is 5.26. The molecule has 0 aliphatic carbocycles. The molecular weight excluding hydrogens is 244 g/mol. The van der Waals surface area contributed by atoms with Crippen LogP contribution in [0.5, 0.6) is 11.5 Å². The number of H-pyrrole nitrogens is 1. The van der Waals surface area contributed by atoms with Gasteiger partial charge in [0.05, 0.1) is 37.6 Å². The van der Waals surface area contributed by atoms with Crippen LogP contribution in [0.3, 0.4) is 0 Å². The topological polar surface area (TPSA) is 72.9 Å². The first kappa shape index (κ1) is 11.5. The molecule has 0 fully saturated rings. The summed E-state index contributed by atoms with van der Waals surface area (Å²) in [6.45, 7) is 0.